The van der Waals surface area contributed by atoms with Crippen molar-refractivity contribution in [2.75, 3.05) is 6.61 Å². The van der Waals surface area contributed by atoms with E-state index < -0.39 is 11.6 Å². The van der Waals surface area contributed by atoms with Crippen LogP contribution in [-0.4, -0.2) is 52.1 Å². The maximum atomic E-state index is 13.2. The summed E-state index contributed by atoms with van der Waals surface area (Å²) in [5.74, 6) is -0.858. The van der Waals surface area contributed by atoms with Crippen LogP contribution in [0.2, 0.25) is 0 Å². The average Bonchev–Trinajstić information content (AvgIpc) is 3.50. The highest BCUT2D eigenvalue weighted by Gasteiger charge is 2.86. The van der Waals surface area contributed by atoms with Gasteiger partial charge in [0.1, 0.15) is 0 Å². The lowest BCUT2D eigenvalue weighted by atomic mass is 10.1. The van der Waals surface area contributed by atoms with Crippen molar-refractivity contribution >= 4 is 17.9 Å². The van der Waals surface area contributed by atoms with Crippen LogP contribution in [0.5, 0.6) is 0 Å². The molecule has 1 aromatic rings. The van der Waals surface area contributed by atoms with Gasteiger partial charge in [-0.25, -0.2) is 4.79 Å². The second-order valence-corrected chi connectivity index (χ2v) is 7.17. The van der Waals surface area contributed by atoms with Gasteiger partial charge >= 0.3 is 6.09 Å². The van der Waals surface area contributed by atoms with Gasteiger partial charge in [0.15, 0.2) is 5.66 Å². The number of amides is 3. The summed E-state index contributed by atoms with van der Waals surface area (Å²) in [6.07, 6.45) is 4.41. The van der Waals surface area contributed by atoms with Crippen molar-refractivity contribution < 1.29 is 19.1 Å². The van der Waals surface area contributed by atoms with E-state index in [1.807, 2.05) is 0 Å². The molecule has 0 radical (unpaired) electrons. The lowest BCUT2D eigenvalue weighted by molar-refractivity contribution is 0.0840. The molecule has 3 heterocycles. The first-order valence-electron chi connectivity index (χ1n) is 9.23. The van der Waals surface area contributed by atoms with Gasteiger partial charge in [-0.1, -0.05) is 38.3 Å². The molecule has 7 nitrogen and oxygen atoms in total. The predicted octanol–water partition coefficient (Wildman–Crippen LogP) is 2.11. The van der Waals surface area contributed by atoms with E-state index in [-0.39, 0.29) is 29.6 Å². The van der Waals surface area contributed by atoms with Gasteiger partial charge in [0.05, 0.1) is 29.8 Å². The number of nitrogens with zero attached hydrogens (tertiary/aromatic N) is 2. The Morgan fingerprint density at radius 1 is 1.27 bits per heavy atom. The largest absolute Gasteiger partial charge is 0.449 e. The fourth-order valence-electron chi connectivity index (χ4n) is 4.56. The van der Waals surface area contributed by atoms with E-state index in [1.54, 1.807) is 34.1 Å². The molecule has 0 saturated carbocycles. The molecule has 3 atom stereocenters. The summed E-state index contributed by atoms with van der Waals surface area (Å²) < 4.78 is 5.15. The molecule has 3 saturated heterocycles. The quantitative estimate of drug-likeness (QED) is 0.623. The molecule has 1 aromatic carbocycles. The lowest BCUT2D eigenvalue weighted by Crippen LogP contribution is -2.24. The molecule has 26 heavy (non-hydrogen) atoms. The monoisotopic (exact) mass is 357 g/mol. The van der Waals surface area contributed by atoms with Gasteiger partial charge < -0.3 is 15.4 Å². The molecule has 0 bridgehead atoms. The summed E-state index contributed by atoms with van der Waals surface area (Å²) in [6, 6.07) is 6.60. The van der Waals surface area contributed by atoms with Gasteiger partial charge in [0.2, 0.25) is 5.91 Å². The van der Waals surface area contributed by atoms with Crippen LogP contribution in [0.15, 0.2) is 24.3 Å². The van der Waals surface area contributed by atoms with Crippen LogP contribution in [0.25, 0.3) is 0 Å². The lowest BCUT2D eigenvalue weighted by Gasteiger charge is -2.10. The molecule has 4 rings (SSSR count). The zero-order chi connectivity index (χ0) is 18.5. The fourth-order valence-corrected chi connectivity index (χ4v) is 4.56. The van der Waals surface area contributed by atoms with Gasteiger partial charge in [0, 0.05) is 6.42 Å². The molecule has 1 spiro atoms. The summed E-state index contributed by atoms with van der Waals surface area (Å²) >= 11 is 0. The number of hydrogen-bond donors (Lipinski definition) is 1. The second kappa shape index (κ2) is 6.00. The number of cyclic esters (lactones) is 1. The Kier molecular flexibility index (Phi) is 3.89. The number of rotatable bonds is 6. The molecule has 2 N–H and O–H groups in total. The molecular formula is C19H23N3O4. The van der Waals surface area contributed by atoms with Crippen LogP contribution in [0.3, 0.4) is 0 Å². The van der Waals surface area contributed by atoms with E-state index in [0.29, 0.717) is 12.2 Å². The van der Waals surface area contributed by atoms with E-state index in [0.717, 1.165) is 32.1 Å². The minimum Gasteiger partial charge on any atom is -0.449 e. The maximum Gasteiger partial charge on any atom is 0.412 e. The Bertz CT molecular complexity index is 780. The van der Waals surface area contributed by atoms with E-state index in [9.17, 15) is 14.4 Å². The zero-order valence-corrected chi connectivity index (χ0v) is 14.8. The van der Waals surface area contributed by atoms with Gasteiger partial charge in [0.25, 0.3) is 5.91 Å². The third-order valence-electron chi connectivity index (χ3n) is 5.78. The van der Waals surface area contributed by atoms with Crippen LogP contribution in [0, 0.1) is 0 Å². The van der Waals surface area contributed by atoms with Gasteiger partial charge in [-0.2, -0.15) is 0 Å². The van der Waals surface area contributed by atoms with Crippen molar-refractivity contribution in [3.63, 3.8) is 0 Å². The summed E-state index contributed by atoms with van der Waals surface area (Å²) in [6.45, 7) is 2.52. The molecule has 0 aromatic heterocycles. The van der Waals surface area contributed by atoms with E-state index in [1.165, 1.54) is 0 Å². The standard InChI is InChI=1S/C19H23N3O4/c1-2-3-4-9-14-19(15-10-11-26-18(25)22(15)19)21(14)17(24)13-8-6-5-7-12(13)16(20)23/h5-8,14-15H,2-4,9-11H2,1H3,(H2,20,23)/t14-,15?,19+,21?,22?/m0/s1. The molecule has 1 unspecified atom stereocenters. The SMILES string of the molecule is CCCCC[C@@H]1N(C(=O)c2ccccc2C(N)=O)[C@]12C1CCOC(=O)N12. The molecule has 3 aliphatic rings. The fraction of sp³-hybridized carbons (Fsp3) is 0.526. The molecule has 3 fully saturated rings. The number of carbonyl (C=O) groups excluding carboxylic acids is 3. The topological polar surface area (TPSA) is 92.5 Å². The molecular weight excluding hydrogens is 334 g/mol. The predicted molar refractivity (Wildman–Crippen MR) is 93.4 cm³/mol. The molecule has 3 amide bonds. The summed E-state index contributed by atoms with van der Waals surface area (Å²) in [4.78, 5) is 40.5. The number of carbonyl (C=O) groups is 3. The normalized spacial score (nSPS) is 28.6. The van der Waals surface area contributed by atoms with Gasteiger partial charge in [-0.15, -0.1) is 0 Å². The number of hydrogen-bond acceptors (Lipinski definition) is 4. The molecule has 7 heteroatoms. The molecule has 138 valence electrons. The van der Waals surface area contributed by atoms with Crippen LogP contribution in [0.1, 0.15) is 59.7 Å². The number of fused-ring (bicyclic) bond motifs is 3. The molecule has 3 aliphatic heterocycles. The Morgan fingerprint density at radius 2 is 2.00 bits per heavy atom. The number of ether oxygens (including phenoxy) is 1. The Labute approximate surface area is 152 Å². The van der Waals surface area contributed by atoms with Crippen LogP contribution >= 0.6 is 0 Å². The van der Waals surface area contributed by atoms with E-state index in [4.69, 9.17) is 10.5 Å². The number of nitrogens with two attached hydrogens (primary N) is 1. The van der Waals surface area contributed by atoms with E-state index >= 15 is 0 Å². The minimum atomic E-state index is -0.625. The molecule has 0 aliphatic carbocycles. The minimum absolute atomic E-state index is 0.0156. The number of primary amides is 1. The van der Waals surface area contributed by atoms with Crippen molar-refractivity contribution in [3.8, 4) is 0 Å². The van der Waals surface area contributed by atoms with Gasteiger partial charge in [-0.3, -0.25) is 14.5 Å². The number of benzene rings is 1. The smallest absolute Gasteiger partial charge is 0.412 e. The first-order chi connectivity index (χ1) is 12.5. The van der Waals surface area contributed by atoms with Crippen LogP contribution in [0.4, 0.5) is 4.79 Å². The zero-order valence-electron chi connectivity index (χ0n) is 14.8. The second-order valence-electron chi connectivity index (χ2n) is 7.17. The Morgan fingerprint density at radius 3 is 2.65 bits per heavy atom. The average molecular weight is 357 g/mol. The van der Waals surface area contributed by atoms with Crippen LogP contribution in [-0.2, 0) is 4.74 Å². The van der Waals surface area contributed by atoms with Crippen molar-refractivity contribution in [1.29, 1.82) is 0 Å². The van der Waals surface area contributed by atoms with E-state index in [2.05, 4.69) is 6.92 Å². The van der Waals surface area contributed by atoms with Crippen molar-refractivity contribution in [2.45, 2.75) is 56.8 Å². The Balaban J connectivity index is 1.63. The highest BCUT2D eigenvalue weighted by Crippen LogP contribution is 2.64. The summed E-state index contributed by atoms with van der Waals surface area (Å²) in [5.41, 5.74) is 5.40. The Hall–Kier alpha value is -2.57. The highest BCUT2D eigenvalue weighted by molar-refractivity contribution is 6.08. The highest BCUT2D eigenvalue weighted by atomic mass is 16.6. The summed E-state index contributed by atoms with van der Waals surface area (Å²) in [7, 11) is 0. The van der Waals surface area contributed by atoms with Crippen LogP contribution < -0.4 is 5.73 Å². The summed E-state index contributed by atoms with van der Waals surface area (Å²) in [5, 5.41) is 0. The maximum absolute atomic E-state index is 13.2. The van der Waals surface area contributed by atoms with Gasteiger partial charge in [-0.05, 0) is 18.6 Å². The third-order valence-corrected chi connectivity index (χ3v) is 5.78. The van der Waals surface area contributed by atoms with Crippen molar-refractivity contribution in [3.05, 3.63) is 35.4 Å². The first-order valence-corrected chi connectivity index (χ1v) is 9.23. The van der Waals surface area contributed by atoms with Crippen molar-refractivity contribution in [2.24, 2.45) is 5.73 Å². The number of unbranched alkanes of at least 4 members (excludes halogenated alkanes) is 2. The first kappa shape index (κ1) is 16.9. The van der Waals surface area contributed by atoms with Crippen molar-refractivity contribution in [1.82, 2.24) is 9.80 Å². The third kappa shape index (κ3) is 2.22.